The summed E-state index contributed by atoms with van der Waals surface area (Å²) < 4.78 is 0. The van der Waals surface area contributed by atoms with Crippen LogP contribution in [0.1, 0.15) is 10.5 Å². The highest BCUT2D eigenvalue weighted by molar-refractivity contribution is 7.99. The van der Waals surface area contributed by atoms with Crippen LogP contribution in [0.2, 0.25) is 0 Å². The molecule has 1 amide bonds. The second-order valence-electron chi connectivity index (χ2n) is 3.29. The third-order valence-electron chi connectivity index (χ3n) is 2.25. The highest BCUT2D eigenvalue weighted by Crippen LogP contribution is 2.22. The van der Waals surface area contributed by atoms with Crippen molar-refractivity contribution in [1.82, 2.24) is 14.9 Å². The quantitative estimate of drug-likeness (QED) is 0.637. The Morgan fingerprint density at radius 1 is 1.56 bits per heavy atom. The standard InChI is InChI=1S/C8H9N3O4S/c12-6(4-1-9-8(15)10-4)11-3-16-2-5(11)7(13)14/h1,5H,2-3H2,(H,13,14)(H2,9,10,15). The predicted octanol–water partition coefficient (Wildman–Crippen LogP) is -0.697. The van der Waals surface area contributed by atoms with E-state index >= 15 is 0 Å². The molecule has 1 aliphatic heterocycles. The molecule has 1 aromatic heterocycles. The maximum atomic E-state index is 11.8. The molecule has 1 atom stereocenters. The van der Waals surface area contributed by atoms with Gasteiger partial charge in [-0.2, -0.15) is 0 Å². The van der Waals surface area contributed by atoms with Crippen LogP contribution >= 0.6 is 11.8 Å². The number of thioether (sulfide) groups is 1. The zero-order chi connectivity index (χ0) is 11.7. The number of rotatable bonds is 2. The minimum absolute atomic E-state index is 0.0822. The van der Waals surface area contributed by atoms with Gasteiger partial charge >= 0.3 is 11.7 Å². The third kappa shape index (κ3) is 1.83. The summed E-state index contributed by atoms with van der Waals surface area (Å²) in [6.45, 7) is 0. The Kier molecular flexibility index (Phi) is 2.73. The topological polar surface area (TPSA) is 106 Å². The zero-order valence-corrected chi connectivity index (χ0v) is 8.91. The average molecular weight is 243 g/mol. The van der Waals surface area contributed by atoms with E-state index in [4.69, 9.17) is 5.11 Å². The first-order valence-electron chi connectivity index (χ1n) is 4.49. The number of aliphatic carboxylic acids is 1. The second kappa shape index (κ2) is 4.05. The number of imidazole rings is 1. The van der Waals surface area contributed by atoms with Crippen LogP contribution in [0, 0.1) is 0 Å². The fourth-order valence-electron chi connectivity index (χ4n) is 1.45. The molecule has 2 heterocycles. The molecule has 1 fully saturated rings. The minimum Gasteiger partial charge on any atom is -0.480 e. The summed E-state index contributed by atoms with van der Waals surface area (Å²) in [5.41, 5.74) is -0.402. The summed E-state index contributed by atoms with van der Waals surface area (Å²) in [7, 11) is 0. The van der Waals surface area contributed by atoms with Gasteiger partial charge < -0.3 is 20.0 Å². The predicted molar refractivity (Wildman–Crippen MR) is 56.3 cm³/mol. The molecule has 1 aromatic rings. The monoisotopic (exact) mass is 243 g/mol. The molecule has 0 saturated carbocycles. The van der Waals surface area contributed by atoms with Gasteiger partial charge in [-0.3, -0.25) is 4.79 Å². The van der Waals surface area contributed by atoms with E-state index in [1.54, 1.807) is 0 Å². The molecule has 0 bridgehead atoms. The number of nitrogens with one attached hydrogen (secondary N) is 2. The molecule has 1 unspecified atom stereocenters. The molecule has 0 aliphatic carbocycles. The number of nitrogens with zero attached hydrogens (tertiary/aromatic N) is 1. The zero-order valence-electron chi connectivity index (χ0n) is 8.10. The average Bonchev–Trinajstić information content (AvgIpc) is 2.84. The van der Waals surface area contributed by atoms with Gasteiger partial charge in [0.05, 0.1) is 5.88 Å². The van der Waals surface area contributed by atoms with Gasteiger partial charge in [-0.25, -0.2) is 9.59 Å². The SMILES string of the molecule is O=C(O)C1CSCN1C(=O)c1c[nH]c(=O)[nH]1. The van der Waals surface area contributed by atoms with Gasteiger partial charge in [0.25, 0.3) is 5.91 Å². The lowest BCUT2D eigenvalue weighted by molar-refractivity contribution is -0.140. The van der Waals surface area contributed by atoms with E-state index < -0.39 is 23.6 Å². The lowest BCUT2D eigenvalue weighted by atomic mass is 10.3. The number of aromatic amines is 2. The largest absolute Gasteiger partial charge is 0.480 e. The highest BCUT2D eigenvalue weighted by atomic mass is 32.2. The molecular weight excluding hydrogens is 234 g/mol. The van der Waals surface area contributed by atoms with Gasteiger partial charge in [-0.1, -0.05) is 0 Å². The summed E-state index contributed by atoms with van der Waals surface area (Å²) >= 11 is 1.37. The lowest BCUT2D eigenvalue weighted by Crippen LogP contribution is -2.42. The summed E-state index contributed by atoms with van der Waals surface area (Å²) in [4.78, 5) is 39.4. The Balaban J connectivity index is 2.21. The van der Waals surface area contributed by atoms with Crippen molar-refractivity contribution in [2.45, 2.75) is 6.04 Å². The highest BCUT2D eigenvalue weighted by Gasteiger charge is 2.35. The Labute approximate surface area is 93.8 Å². The maximum Gasteiger partial charge on any atom is 0.327 e. The molecule has 7 nitrogen and oxygen atoms in total. The number of carbonyl (C=O) groups is 2. The number of carboxylic acid groups (broad SMARTS) is 1. The van der Waals surface area contributed by atoms with E-state index in [0.29, 0.717) is 11.6 Å². The molecule has 8 heteroatoms. The number of H-pyrrole nitrogens is 2. The lowest BCUT2D eigenvalue weighted by Gasteiger charge is -2.19. The molecule has 16 heavy (non-hydrogen) atoms. The van der Waals surface area contributed by atoms with Gasteiger partial charge in [-0.05, 0) is 0 Å². The van der Waals surface area contributed by atoms with Crippen LogP contribution in [0.15, 0.2) is 11.0 Å². The summed E-state index contributed by atoms with van der Waals surface area (Å²) in [6, 6.07) is -0.823. The van der Waals surface area contributed by atoms with E-state index in [9.17, 15) is 14.4 Å². The van der Waals surface area contributed by atoms with Gasteiger partial charge in [0.2, 0.25) is 0 Å². The van der Waals surface area contributed by atoms with Crippen LogP contribution in [0.5, 0.6) is 0 Å². The Bertz CT molecular complexity index is 480. The Hall–Kier alpha value is -1.70. The number of hydrogen-bond acceptors (Lipinski definition) is 4. The first-order chi connectivity index (χ1) is 7.59. The van der Waals surface area contributed by atoms with Gasteiger partial charge in [0, 0.05) is 11.9 Å². The molecule has 0 aromatic carbocycles. The Morgan fingerprint density at radius 3 is 2.88 bits per heavy atom. The van der Waals surface area contributed by atoms with E-state index in [1.807, 2.05) is 0 Å². The van der Waals surface area contributed by atoms with Crippen LogP contribution in [0.3, 0.4) is 0 Å². The number of hydrogen-bond donors (Lipinski definition) is 3. The van der Waals surface area contributed by atoms with Crippen molar-refractivity contribution < 1.29 is 14.7 Å². The summed E-state index contributed by atoms with van der Waals surface area (Å²) in [5.74, 6) is -0.814. The number of carboxylic acids is 1. The van der Waals surface area contributed by atoms with Crippen molar-refractivity contribution in [2.24, 2.45) is 0 Å². The van der Waals surface area contributed by atoms with Gasteiger partial charge in [0.1, 0.15) is 11.7 Å². The third-order valence-corrected chi connectivity index (χ3v) is 3.27. The Morgan fingerprint density at radius 2 is 2.31 bits per heavy atom. The molecule has 1 saturated heterocycles. The van der Waals surface area contributed by atoms with Gasteiger partial charge in [0.15, 0.2) is 0 Å². The number of amides is 1. The van der Waals surface area contributed by atoms with Crippen LogP contribution < -0.4 is 5.69 Å². The van der Waals surface area contributed by atoms with Crippen molar-refractivity contribution >= 4 is 23.6 Å². The van der Waals surface area contributed by atoms with Gasteiger partial charge in [-0.15, -0.1) is 11.8 Å². The number of carbonyl (C=O) groups excluding carboxylic acids is 1. The van der Waals surface area contributed by atoms with E-state index in [1.165, 1.54) is 22.9 Å². The number of aromatic nitrogens is 2. The molecular formula is C8H9N3O4S. The van der Waals surface area contributed by atoms with E-state index in [2.05, 4.69) is 9.97 Å². The maximum absolute atomic E-state index is 11.8. The van der Waals surface area contributed by atoms with Crippen molar-refractivity contribution in [2.75, 3.05) is 11.6 Å². The second-order valence-corrected chi connectivity index (χ2v) is 4.29. The van der Waals surface area contributed by atoms with Crippen LogP contribution in [-0.4, -0.2) is 49.5 Å². The van der Waals surface area contributed by atoms with Crippen LogP contribution in [0.25, 0.3) is 0 Å². The van der Waals surface area contributed by atoms with Crippen LogP contribution in [-0.2, 0) is 4.79 Å². The molecule has 86 valence electrons. The van der Waals surface area contributed by atoms with Crippen LogP contribution in [0.4, 0.5) is 0 Å². The molecule has 0 radical (unpaired) electrons. The normalized spacial score (nSPS) is 20.0. The van der Waals surface area contributed by atoms with Crippen molar-refractivity contribution in [3.8, 4) is 0 Å². The first-order valence-corrected chi connectivity index (χ1v) is 5.64. The molecule has 1 aliphatic rings. The van der Waals surface area contributed by atoms with Crippen molar-refractivity contribution in [1.29, 1.82) is 0 Å². The summed E-state index contributed by atoms with van der Waals surface area (Å²) in [6.07, 6.45) is 1.24. The fourth-order valence-corrected chi connectivity index (χ4v) is 2.59. The fraction of sp³-hybridized carbons (Fsp3) is 0.375. The first kappa shape index (κ1) is 10.8. The molecule has 3 N–H and O–H groups in total. The molecule has 0 spiro atoms. The van der Waals surface area contributed by atoms with E-state index in [0.717, 1.165) is 0 Å². The smallest absolute Gasteiger partial charge is 0.327 e. The van der Waals surface area contributed by atoms with E-state index in [-0.39, 0.29) is 5.69 Å². The van der Waals surface area contributed by atoms with Crippen molar-refractivity contribution in [3.05, 3.63) is 22.4 Å². The minimum atomic E-state index is -1.03. The van der Waals surface area contributed by atoms with Crippen molar-refractivity contribution in [3.63, 3.8) is 0 Å². The molecule has 2 rings (SSSR count). The summed E-state index contributed by atoms with van der Waals surface area (Å²) in [5, 5.41) is 8.90.